The Labute approximate surface area is 128 Å². The normalized spacial score (nSPS) is 23.6. The molecule has 1 aliphatic rings. The van der Waals surface area contributed by atoms with Gasteiger partial charge < -0.3 is 19.5 Å². The molecule has 0 aliphatic carbocycles. The summed E-state index contributed by atoms with van der Waals surface area (Å²) in [5.41, 5.74) is 1.06. The van der Waals surface area contributed by atoms with Crippen molar-refractivity contribution in [3.05, 3.63) is 22.2 Å². The molecular weight excluding hydrogens is 322 g/mol. The summed E-state index contributed by atoms with van der Waals surface area (Å²) in [6.07, 6.45) is 1.25. The lowest BCUT2D eigenvalue weighted by atomic mass is 9.92. The Morgan fingerprint density at radius 3 is 2.50 bits per heavy atom. The molecular formula is C15H22BrNO3. The molecule has 112 valence electrons. The van der Waals surface area contributed by atoms with Gasteiger partial charge in [-0.2, -0.15) is 0 Å². The Hall–Kier alpha value is -0.780. The van der Waals surface area contributed by atoms with Crippen molar-refractivity contribution in [1.29, 1.82) is 0 Å². The fourth-order valence-electron chi connectivity index (χ4n) is 2.77. The number of benzene rings is 1. The van der Waals surface area contributed by atoms with E-state index >= 15 is 0 Å². The summed E-state index contributed by atoms with van der Waals surface area (Å²) in [5.74, 6) is 2.15. The van der Waals surface area contributed by atoms with Crippen molar-refractivity contribution in [2.45, 2.75) is 25.5 Å². The van der Waals surface area contributed by atoms with Gasteiger partial charge in [-0.05, 0) is 47.4 Å². The van der Waals surface area contributed by atoms with Crippen LogP contribution in [0.4, 0.5) is 0 Å². The maximum Gasteiger partial charge on any atom is 0.133 e. The van der Waals surface area contributed by atoms with Crippen LogP contribution in [0.1, 0.15) is 24.9 Å². The second kappa shape index (κ2) is 6.78. The van der Waals surface area contributed by atoms with E-state index in [2.05, 4.69) is 28.2 Å². The maximum atomic E-state index is 5.91. The number of hydrogen-bond donors (Lipinski definition) is 1. The fourth-order valence-corrected chi connectivity index (χ4v) is 3.25. The van der Waals surface area contributed by atoms with Crippen LogP contribution in [0.3, 0.4) is 0 Å². The van der Waals surface area contributed by atoms with Gasteiger partial charge in [0.05, 0.1) is 30.8 Å². The summed E-state index contributed by atoms with van der Waals surface area (Å²) in [4.78, 5) is 0. The molecule has 1 N–H and O–H groups in total. The smallest absolute Gasteiger partial charge is 0.133 e. The van der Waals surface area contributed by atoms with Crippen LogP contribution in [0, 0.1) is 5.92 Å². The highest BCUT2D eigenvalue weighted by molar-refractivity contribution is 9.10. The first kappa shape index (κ1) is 15.6. The van der Waals surface area contributed by atoms with E-state index in [1.54, 1.807) is 14.2 Å². The molecule has 0 saturated carbocycles. The first-order valence-corrected chi connectivity index (χ1v) is 7.62. The van der Waals surface area contributed by atoms with E-state index in [0.29, 0.717) is 5.92 Å². The van der Waals surface area contributed by atoms with Crippen LogP contribution in [0.5, 0.6) is 11.5 Å². The fraction of sp³-hybridized carbons (Fsp3) is 0.600. The average Bonchev–Trinajstić information content (AvgIpc) is 2.87. The van der Waals surface area contributed by atoms with Crippen LogP contribution in [-0.2, 0) is 4.74 Å². The molecule has 4 nitrogen and oxygen atoms in total. The zero-order valence-electron chi connectivity index (χ0n) is 12.4. The average molecular weight is 344 g/mol. The predicted molar refractivity (Wildman–Crippen MR) is 82.6 cm³/mol. The third-order valence-electron chi connectivity index (χ3n) is 3.92. The van der Waals surface area contributed by atoms with Gasteiger partial charge in [-0.3, -0.25) is 0 Å². The maximum absolute atomic E-state index is 5.91. The van der Waals surface area contributed by atoms with Crippen LogP contribution >= 0.6 is 15.9 Å². The largest absolute Gasteiger partial charge is 0.496 e. The molecule has 1 aliphatic heterocycles. The molecule has 2 rings (SSSR count). The summed E-state index contributed by atoms with van der Waals surface area (Å²) in [6, 6.07) is 4.04. The molecule has 0 spiro atoms. The zero-order valence-corrected chi connectivity index (χ0v) is 14.0. The van der Waals surface area contributed by atoms with Gasteiger partial charge in [-0.15, -0.1) is 0 Å². The van der Waals surface area contributed by atoms with E-state index in [-0.39, 0.29) is 12.1 Å². The van der Waals surface area contributed by atoms with E-state index in [1.165, 1.54) is 0 Å². The van der Waals surface area contributed by atoms with E-state index in [9.17, 15) is 0 Å². The van der Waals surface area contributed by atoms with Gasteiger partial charge in [0, 0.05) is 12.2 Å². The van der Waals surface area contributed by atoms with Crippen LogP contribution in [0.2, 0.25) is 0 Å². The topological polar surface area (TPSA) is 39.7 Å². The molecule has 5 heteroatoms. The second-order valence-corrected chi connectivity index (χ2v) is 5.95. The lowest BCUT2D eigenvalue weighted by Crippen LogP contribution is -2.32. The minimum Gasteiger partial charge on any atom is -0.496 e. The van der Waals surface area contributed by atoms with Crippen molar-refractivity contribution in [3.63, 3.8) is 0 Å². The molecule has 1 heterocycles. The lowest BCUT2D eigenvalue weighted by molar-refractivity contribution is 0.0623. The molecule has 3 unspecified atom stereocenters. The number of rotatable bonds is 5. The third-order valence-corrected chi connectivity index (χ3v) is 4.54. The molecule has 0 bridgehead atoms. The molecule has 0 radical (unpaired) electrons. The van der Waals surface area contributed by atoms with Crippen molar-refractivity contribution < 1.29 is 14.2 Å². The second-order valence-electron chi connectivity index (χ2n) is 5.10. The Bertz CT molecular complexity index is 467. The summed E-state index contributed by atoms with van der Waals surface area (Å²) in [5, 5.41) is 3.36. The number of likely N-dealkylation sites (N-methyl/N-ethyl adjacent to an activating group) is 1. The number of ether oxygens (including phenoxy) is 3. The van der Waals surface area contributed by atoms with E-state index in [4.69, 9.17) is 14.2 Å². The highest BCUT2D eigenvalue weighted by Crippen LogP contribution is 2.40. The quantitative estimate of drug-likeness (QED) is 0.891. The van der Waals surface area contributed by atoms with Gasteiger partial charge in [0.2, 0.25) is 0 Å². The summed E-state index contributed by atoms with van der Waals surface area (Å²) in [7, 11) is 5.30. The Morgan fingerprint density at radius 1 is 1.30 bits per heavy atom. The lowest BCUT2D eigenvalue weighted by Gasteiger charge is -2.28. The van der Waals surface area contributed by atoms with Gasteiger partial charge in [-0.1, -0.05) is 6.92 Å². The van der Waals surface area contributed by atoms with Gasteiger partial charge in [0.1, 0.15) is 11.5 Å². The van der Waals surface area contributed by atoms with Gasteiger partial charge in [-0.25, -0.2) is 0 Å². The van der Waals surface area contributed by atoms with Crippen molar-refractivity contribution >= 4 is 15.9 Å². The first-order chi connectivity index (χ1) is 9.62. The van der Waals surface area contributed by atoms with Crippen LogP contribution in [-0.4, -0.2) is 34.0 Å². The van der Waals surface area contributed by atoms with Gasteiger partial charge >= 0.3 is 0 Å². The standard InChI is InChI=1S/C15H22BrNO3/c1-9-5-6-20-15(9)14(17-2)10-7-13(19-4)11(16)8-12(10)18-3/h7-9,14-15,17H,5-6H2,1-4H3. The molecule has 3 atom stereocenters. The van der Waals surface area contributed by atoms with E-state index in [1.807, 2.05) is 19.2 Å². The SMILES string of the molecule is CNC(c1cc(OC)c(Br)cc1OC)C1OCCC1C. The van der Waals surface area contributed by atoms with Crippen molar-refractivity contribution in [2.75, 3.05) is 27.9 Å². The van der Waals surface area contributed by atoms with Gasteiger partial charge in [0.25, 0.3) is 0 Å². The van der Waals surface area contributed by atoms with Crippen molar-refractivity contribution in [3.8, 4) is 11.5 Å². The molecule has 1 fully saturated rings. The minimum absolute atomic E-state index is 0.0875. The third kappa shape index (κ3) is 2.95. The van der Waals surface area contributed by atoms with Crippen LogP contribution in [0.15, 0.2) is 16.6 Å². The highest BCUT2D eigenvalue weighted by Gasteiger charge is 2.34. The Kier molecular flexibility index (Phi) is 5.29. The molecule has 0 aromatic heterocycles. The van der Waals surface area contributed by atoms with Gasteiger partial charge in [0.15, 0.2) is 0 Å². The van der Waals surface area contributed by atoms with Crippen LogP contribution < -0.4 is 14.8 Å². The zero-order chi connectivity index (χ0) is 14.7. The molecule has 1 aromatic rings. The number of methoxy groups -OCH3 is 2. The van der Waals surface area contributed by atoms with Crippen LogP contribution in [0.25, 0.3) is 0 Å². The van der Waals surface area contributed by atoms with E-state index < -0.39 is 0 Å². The minimum atomic E-state index is 0.0875. The predicted octanol–water partition coefficient (Wildman–Crippen LogP) is 3.15. The molecule has 1 saturated heterocycles. The summed E-state index contributed by atoms with van der Waals surface area (Å²) >= 11 is 3.49. The highest BCUT2D eigenvalue weighted by atomic mass is 79.9. The Balaban J connectivity index is 2.42. The van der Waals surface area contributed by atoms with Crippen molar-refractivity contribution in [2.24, 2.45) is 5.92 Å². The number of hydrogen-bond acceptors (Lipinski definition) is 4. The summed E-state index contributed by atoms with van der Waals surface area (Å²) < 4.78 is 17.7. The number of nitrogens with one attached hydrogen (secondary N) is 1. The van der Waals surface area contributed by atoms with E-state index in [0.717, 1.165) is 34.6 Å². The molecule has 0 amide bonds. The monoisotopic (exact) mass is 343 g/mol. The molecule has 20 heavy (non-hydrogen) atoms. The molecule has 1 aromatic carbocycles. The number of halogens is 1. The first-order valence-electron chi connectivity index (χ1n) is 6.82. The Morgan fingerprint density at radius 2 is 2.00 bits per heavy atom. The van der Waals surface area contributed by atoms with Crippen molar-refractivity contribution in [1.82, 2.24) is 5.32 Å². The summed E-state index contributed by atoms with van der Waals surface area (Å²) in [6.45, 7) is 3.05.